The molecular weight excluding hydrogens is 170 g/mol. The minimum atomic E-state index is 0.996. The minimum absolute atomic E-state index is 0.996. The van der Waals surface area contributed by atoms with E-state index in [9.17, 15) is 0 Å². The summed E-state index contributed by atoms with van der Waals surface area (Å²) in [7, 11) is 1.63. The molecule has 0 aliphatic heterocycles. The number of hydrogen-bond acceptors (Lipinski definition) is 3. The molecule has 0 heterocycles. The van der Waals surface area contributed by atoms with Crippen molar-refractivity contribution in [2.45, 2.75) is 4.90 Å². The summed E-state index contributed by atoms with van der Waals surface area (Å²) in [5.74, 6) is 0. The van der Waals surface area contributed by atoms with E-state index < -0.39 is 0 Å². The van der Waals surface area contributed by atoms with Crippen LogP contribution in [0.5, 0.6) is 0 Å². The molecule has 4 heteroatoms. The van der Waals surface area contributed by atoms with Gasteiger partial charge in [0.1, 0.15) is 0 Å². The molecule has 0 fully saturated rings. The number of nitrogens with zero attached hydrogens (tertiary/aromatic N) is 2. The topological polar surface area (TPSA) is 36.8 Å². The summed E-state index contributed by atoms with van der Waals surface area (Å²) >= 11 is 1.68. The molecule has 0 saturated heterocycles. The van der Waals surface area contributed by atoms with Crippen molar-refractivity contribution >= 4 is 17.4 Å². The van der Waals surface area contributed by atoms with Crippen molar-refractivity contribution in [2.24, 2.45) is 10.3 Å². The first-order valence-corrected chi connectivity index (χ1v) is 4.79. The van der Waals surface area contributed by atoms with Gasteiger partial charge in [0.15, 0.2) is 0 Å². The monoisotopic (exact) mass is 181 g/mol. The zero-order chi connectivity index (χ0) is 8.81. The van der Waals surface area contributed by atoms with Gasteiger partial charge in [-0.15, -0.1) is 11.8 Å². The first-order valence-electron chi connectivity index (χ1n) is 3.56. The average Bonchev–Trinajstić information content (AvgIpc) is 2.15. The summed E-state index contributed by atoms with van der Waals surface area (Å²) in [6.07, 6.45) is 2.03. The van der Waals surface area contributed by atoms with E-state index in [1.165, 1.54) is 4.90 Å². The summed E-state index contributed by atoms with van der Waals surface area (Å²) in [5.41, 5.74) is 3.85. The van der Waals surface area contributed by atoms with Crippen LogP contribution in [0.4, 0.5) is 5.69 Å². The maximum Gasteiger partial charge on any atom is 0.0714 e. The molecule has 0 aromatic heterocycles. The van der Waals surface area contributed by atoms with Gasteiger partial charge in [0.05, 0.1) is 12.7 Å². The quantitative estimate of drug-likeness (QED) is 0.442. The predicted octanol–water partition coefficient (Wildman–Crippen LogP) is 2.82. The van der Waals surface area contributed by atoms with Crippen LogP contribution in [-0.4, -0.2) is 13.3 Å². The molecule has 0 bridgehead atoms. The Labute approximate surface area is 76.3 Å². The molecule has 0 saturated carbocycles. The molecule has 12 heavy (non-hydrogen) atoms. The Bertz CT molecular complexity index is 273. The van der Waals surface area contributed by atoms with Crippen molar-refractivity contribution in [3.05, 3.63) is 24.3 Å². The van der Waals surface area contributed by atoms with E-state index in [0.29, 0.717) is 0 Å². The molecule has 64 valence electrons. The third-order valence-electron chi connectivity index (χ3n) is 1.38. The van der Waals surface area contributed by atoms with Crippen LogP contribution in [0.1, 0.15) is 0 Å². The molecule has 0 aliphatic rings. The fourth-order valence-corrected chi connectivity index (χ4v) is 1.39. The van der Waals surface area contributed by atoms with Gasteiger partial charge in [0.2, 0.25) is 0 Å². The van der Waals surface area contributed by atoms with E-state index in [1.54, 1.807) is 18.8 Å². The molecule has 0 spiro atoms. The Balaban J connectivity index is 2.81. The molecule has 1 N–H and O–H groups in total. The summed E-state index contributed by atoms with van der Waals surface area (Å²) in [6.45, 7) is 0. The largest absolute Gasteiger partial charge is 0.259 e. The van der Waals surface area contributed by atoms with Crippen molar-refractivity contribution < 1.29 is 0 Å². The van der Waals surface area contributed by atoms with Crippen molar-refractivity contribution in [3.8, 4) is 0 Å². The van der Waals surface area contributed by atoms with Crippen LogP contribution in [0.3, 0.4) is 0 Å². The van der Waals surface area contributed by atoms with E-state index in [1.807, 2.05) is 30.5 Å². The van der Waals surface area contributed by atoms with Gasteiger partial charge in [-0.2, -0.15) is 5.11 Å². The number of anilines is 1. The van der Waals surface area contributed by atoms with Crippen molar-refractivity contribution in [1.82, 2.24) is 0 Å². The van der Waals surface area contributed by atoms with Gasteiger partial charge in [-0.05, 0) is 18.4 Å². The highest BCUT2D eigenvalue weighted by Gasteiger charge is 1.96. The molecule has 0 amide bonds. The highest BCUT2D eigenvalue weighted by Crippen LogP contribution is 2.24. The Morgan fingerprint density at radius 2 is 2.08 bits per heavy atom. The van der Waals surface area contributed by atoms with Gasteiger partial charge in [-0.25, -0.2) is 0 Å². The lowest BCUT2D eigenvalue weighted by Crippen LogP contribution is -1.88. The smallest absolute Gasteiger partial charge is 0.0714 e. The standard InChI is InChI=1S/C8H11N3S/c1-9-11-10-7-5-3-4-6-8(7)12-2/h3-6H,1-2H3,(H,9,10). The van der Waals surface area contributed by atoms with E-state index in [-0.39, 0.29) is 0 Å². The number of para-hydroxylation sites is 1. The molecular formula is C8H11N3S. The average molecular weight is 181 g/mol. The highest BCUT2D eigenvalue weighted by molar-refractivity contribution is 7.98. The minimum Gasteiger partial charge on any atom is -0.259 e. The zero-order valence-electron chi connectivity index (χ0n) is 7.11. The number of benzene rings is 1. The molecule has 0 radical (unpaired) electrons. The number of hydrogen-bond donors (Lipinski definition) is 1. The fraction of sp³-hybridized carbons (Fsp3) is 0.250. The molecule has 1 aromatic rings. The number of nitrogens with one attached hydrogen (secondary N) is 1. The second-order valence-corrected chi connectivity index (χ2v) is 2.96. The van der Waals surface area contributed by atoms with Crippen molar-refractivity contribution in [1.29, 1.82) is 0 Å². The van der Waals surface area contributed by atoms with Gasteiger partial charge >= 0.3 is 0 Å². The second kappa shape index (κ2) is 4.77. The van der Waals surface area contributed by atoms with Crippen LogP contribution in [0.15, 0.2) is 39.5 Å². The van der Waals surface area contributed by atoms with Crippen LogP contribution >= 0.6 is 11.8 Å². The van der Waals surface area contributed by atoms with E-state index in [2.05, 4.69) is 15.8 Å². The summed E-state index contributed by atoms with van der Waals surface area (Å²) in [5, 5.41) is 7.32. The van der Waals surface area contributed by atoms with Crippen LogP contribution in [0, 0.1) is 0 Å². The van der Waals surface area contributed by atoms with E-state index in [4.69, 9.17) is 0 Å². The van der Waals surface area contributed by atoms with E-state index in [0.717, 1.165) is 5.69 Å². The molecule has 0 atom stereocenters. The maximum atomic E-state index is 3.71. The van der Waals surface area contributed by atoms with Crippen LogP contribution in [0.25, 0.3) is 0 Å². The summed E-state index contributed by atoms with van der Waals surface area (Å²) in [6, 6.07) is 7.98. The first-order chi connectivity index (χ1) is 5.88. The van der Waals surface area contributed by atoms with Crippen LogP contribution in [-0.2, 0) is 0 Å². The lowest BCUT2D eigenvalue weighted by atomic mass is 10.3. The van der Waals surface area contributed by atoms with Gasteiger partial charge < -0.3 is 0 Å². The highest BCUT2D eigenvalue weighted by atomic mass is 32.2. The Morgan fingerprint density at radius 3 is 2.75 bits per heavy atom. The van der Waals surface area contributed by atoms with Crippen molar-refractivity contribution in [2.75, 3.05) is 18.7 Å². The zero-order valence-corrected chi connectivity index (χ0v) is 7.93. The molecule has 0 aliphatic carbocycles. The summed E-state index contributed by atoms with van der Waals surface area (Å²) < 4.78 is 0. The molecule has 3 nitrogen and oxygen atoms in total. The molecule has 1 rings (SSSR count). The molecule has 0 unspecified atom stereocenters. The van der Waals surface area contributed by atoms with E-state index >= 15 is 0 Å². The lowest BCUT2D eigenvalue weighted by Gasteiger charge is -2.03. The lowest BCUT2D eigenvalue weighted by molar-refractivity contribution is 1.07. The third-order valence-corrected chi connectivity index (χ3v) is 2.17. The third kappa shape index (κ3) is 2.23. The van der Waals surface area contributed by atoms with Gasteiger partial charge in [-0.1, -0.05) is 17.4 Å². The Kier molecular flexibility index (Phi) is 3.60. The maximum absolute atomic E-state index is 3.71. The molecule has 1 aromatic carbocycles. The fourth-order valence-electron chi connectivity index (χ4n) is 0.841. The van der Waals surface area contributed by atoms with Crippen LogP contribution in [0.2, 0.25) is 0 Å². The predicted molar refractivity (Wildman–Crippen MR) is 52.6 cm³/mol. The Hall–Kier alpha value is -1.03. The first kappa shape index (κ1) is 9.06. The second-order valence-electron chi connectivity index (χ2n) is 2.11. The van der Waals surface area contributed by atoms with Crippen molar-refractivity contribution in [3.63, 3.8) is 0 Å². The van der Waals surface area contributed by atoms with Gasteiger partial charge in [0, 0.05) is 4.90 Å². The number of thioether (sulfide) groups is 1. The van der Waals surface area contributed by atoms with Crippen LogP contribution < -0.4 is 5.43 Å². The summed E-state index contributed by atoms with van der Waals surface area (Å²) in [4.78, 5) is 1.17. The van der Waals surface area contributed by atoms with Gasteiger partial charge in [-0.3, -0.25) is 5.43 Å². The normalized spacial score (nSPS) is 10.5. The number of rotatable bonds is 3. The Morgan fingerprint density at radius 1 is 1.33 bits per heavy atom. The van der Waals surface area contributed by atoms with Gasteiger partial charge in [0.25, 0.3) is 0 Å². The SMILES string of the molecule is CN=NNc1ccccc1SC.